The fourth-order valence-corrected chi connectivity index (χ4v) is 0.557. The Kier molecular flexibility index (Phi) is 4.10. The van der Waals surface area contributed by atoms with Crippen molar-refractivity contribution in [1.82, 2.24) is 0 Å². The minimum Gasteiger partial charge on any atom is -0.299 e. The Balaban J connectivity index is 0.000000132. The van der Waals surface area contributed by atoms with Gasteiger partial charge in [-0.1, -0.05) is 0 Å². The van der Waals surface area contributed by atoms with Crippen LogP contribution in [-0.4, -0.2) is 0 Å². The maximum absolute atomic E-state index is 4.55. The lowest BCUT2D eigenvalue weighted by Gasteiger charge is -2.02. The standard InChI is InChI=1S/C5H6O2.C4H4O2/c1-5-3-2-4-6-7-5;1-2-4-6-5-3-1/h2-4H,1H3;1-4H. The molecule has 0 unspecified atom stereocenters. The zero-order chi connectivity index (χ0) is 9.36. The lowest BCUT2D eigenvalue weighted by atomic mass is 10.5. The van der Waals surface area contributed by atoms with Crippen molar-refractivity contribution in [3.8, 4) is 0 Å². The summed E-state index contributed by atoms with van der Waals surface area (Å²) >= 11 is 0. The number of hydrogen-bond donors (Lipinski definition) is 0. The summed E-state index contributed by atoms with van der Waals surface area (Å²) in [5.74, 6) is 0.780. The molecule has 0 N–H and O–H groups in total. The van der Waals surface area contributed by atoms with E-state index in [1.165, 1.54) is 18.8 Å². The third kappa shape index (κ3) is 4.58. The number of allylic oxidation sites excluding steroid dienone is 5. The van der Waals surface area contributed by atoms with Gasteiger partial charge in [0.2, 0.25) is 0 Å². The molecule has 0 spiro atoms. The van der Waals surface area contributed by atoms with Crippen LogP contribution in [-0.2, 0) is 19.6 Å². The zero-order valence-corrected chi connectivity index (χ0v) is 7.17. The van der Waals surface area contributed by atoms with Crippen LogP contribution in [0.15, 0.2) is 48.8 Å². The zero-order valence-electron chi connectivity index (χ0n) is 7.17. The summed E-state index contributed by atoms with van der Waals surface area (Å²) in [4.78, 5) is 17.6. The van der Waals surface area contributed by atoms with Gasteiger partial charge in [0.1, 0.15) is 18.8 Å². The SMILES string of the molecule is C1=COOC=C1.CC1=CC=COO1. The summed E-state index contributed by atoms with van der Waals surface area (Å²) in [6.45, 7) is 1.82. The summed E-state index contributed by atoms with van der Waals surface area (Å²) in [5.41, 5.74) is 0. The van der Waals surface area contributed by atoms with E-state index in [2.05, 4.69) is 19.6 Å². The van der Waals surface area contributed by atoms with E-state index in [0.717, 1.165) is 5.76 Å². The Morgan fingerprint density at radius 1 is 0.846 bits per heavy atom. The molecule has 2 heterocycles. The third-order valence-corrected chi connectivity index (χ3v) is 1.08. The molecule has 0 aliphatic carbocycles. The van der Waals surface area contributed by atoms with Crippen molar-refractivity contribution in [3.05, 3.63) is 48.8 Å². The average Bonchev–Trinajstić information content (AvgIpc) is 2.22. The van der Waals surface area contributed by atoms with Gasteiger partial charge in [0, 0.05) is 0 Å². The van der Waals surface area contributed by atoms with Crippen LogP contribution < -0.4 is 0 Å². The molecule has 0 aromatic carbocycles. The fourth-order valence-electron chi connectivity index (χ4n) is 0.557. The molecule has 0 amide bonds. The van der Waals surface area contributed by atoms with Gasteiger partial charge in [0.05, 0.1) is 0 Å². The Hall–Kier alpha value is -1.84. The maximum atomic E-state index is 4.55. The molecule has 0 aromatic rings. The minimum absolute atomic E-state index is 0.780. The predicted molar refractivity (Wildman–Crippen MR) is 45.5 cm³/mol. The van der Waals surface area contributed by atoms with Gasteiger partial charge in [0.25, 0.3) is 0 Å². The first-order valence-electron chi connectivity index (χ1n) is 3.70. The van der Waals surface area contributed by atoms with Crippen molar-refractivity contribution in [1.29, 1.82) is 0 Å². The second kappa shape index (κ2) is 5.77. The molecule has 0 saturated heterocycles. The van der Waals surface area contributed by atoms with E-state index >= 15 is 0 Å². The van der Waals surface area contributed by atoms with Crippen molar-refractivity contribution in [2.75, 3.05) is 0 Å². The first-order valence-corrected chi connectivity index (χ1v) is 3.70. The van der Waals surface area contributed by atoms with Gasteiger partial charge in [-0.2, -0.15) is 0 Å². The van der Waals surface area contributed by atoms with Crippen LogP contribution >= 0.6 is 0 Å². The van der Waals surface area contributed by atoms with Crippen LogP contribution in [0.4, 0.5) is 0 Å². The molecule has 70 valence electrons. The first kappa shape index (κ1) is 9.25. The Morgan fingerprint density at radius 3 is 1.69 bits per heavy atom. The summed E-state index contributed by atoms with van der Waals surface area (Å²) in [5, 5.41) is 0. The van der Waals surface area contributed by atoms with Crippen LogP contribution in [0.2, 0.25) is 0 Å². The van der Waals surface area contributed by atoms with Gasteiger partial charge in [0.15, 0.2) is 5.76 Å². The fraction of sp³-hybridized carbons (Fsp3) is 0.111. The van der Waals surface area contributed by atoms with Gasteiger partial charge in [-0.15, -0.1) is 0 Å². The lowest BCUT2D eigenvalue weighted by molar-refractivity contribution is -0.213. The van der Waals surface area contributed by atoms with E-state index in [4.69, 9.17) is 0 Å². The molecule has 4 heteroatoms. The van der Waals surface area contributed by atoms with Crippen LogP contribution in [0.25, 0.3) is 0 Å². The monoisotopic (exact) mass is 182 g/mol. The maximum Gasteiger partial charge on any atom is 0.152 e. The van der Waals surface area contributed by atoms with Crippen LogP contribution in [0.1, 0.15) is 6.92 Å². The predicted octanol–water partition coefficient (Wildman–Crippen LogP) is 2.34. The summed E-state index contributed by atoms with van der Waals surface area (Å²) < 4.78 is 0. The lowest BCUT2D eigenvalue weighted by Crippen LogP contribution is -1.87. The van der Waals surface area contributed by atoms with Gasteiger partial charge >= 0.3 is 0 Å². The quantitative estimate of drug-likeness (QED) is 0.539. The topological polar surface area (TPSA) is 36.9 Å². The van der Waals surface area contributed by atoms with Crippen molar-refractivity contribution < 1.29 is 19.6 Å². The summed E-state index contributed by atoms with van der Waals surface area (Å²) in [6, 6.07) is 0. The molecular weight excluding hydrogens is 172 g/mol. The second-order valence-electron chi connectivity index (χ2n) is 2.13. The van der Waals surface area contributed by atoms with Crippen LogP contribution in [0.3, 0.4) is 0 Å². The number of rotatable bonds is 0. The van der Waals surface area contributed by atoms with E-state index in [0.29, 0.717) is 0 Å². The number of hydrogen-bond acceptors (Lipinski definition) is 4. The molecule has 0 saturated carbocycles. The van der Waals surface area contributed by atoms with Gasteiger partial charge in [-0.3, -0.25) is 19.6 Å². The molecule has 13 heavy (non-hydrogen) atoms. The van der Waals surface area contributed by atoms with Gasteiger partial charge in [-0.05, 0) is 31.2 Å². The van der Waals surface area contributed by atoms with Crippen LogP contribution in [0.5, 0.6) is 0 Å². The third-order valence-electron chi connectivity index (χ3n) is 1.08. The van der Waals surface area contributed by atoms with E-state index in [9.17, 15) is 0 Å². The van der Waals surface area contributed by atoms with Gasteiger partial charge < -0.3 is 0 Å². The highest BCUT2D eigenvalue weighted by atomic mass is 17.2. The largest absolute Gasteiger partial charge is 0.299 e. The molecule has 2 aliphatic heterocycles. The molecular formula is C9H10O4. The highest BCUT2D eigenvalue weighted by molar-refractivity contribution is 5.04. The van der Waals surface area contributed by atoms with Gasteiger partial charge in [-0.25, -0.2) is 0 Å². The molecule has 2 aliphatic rings. The van der Waals surface area contributed by atoms with Crippen molar-refractivity contribution in [3.63, 3.8) is 0 Å². The Bertz CT molecular complexity index is 238. The normalized spacial score (nSPS) is 16.5. The molecule has 4 nitrogen and oxygen atoms in total. The van der Waals surface area contributed by atoms with E-state index < -0.39 is 0 Å². The Labute approximate surface area is 76.2 Å². The second-order valence-corrected chi connectivity index (χ2v) is 2.13. The minimum atomic E-state index is 0.780. The van der Waals surface area contributed by atoms with E-state index in [-0.39, 0.29) is 0 Å². The highest BCUT2D eigenvalue weighted by Gasteiger charge is 1.89. The molecule has 0 fully saturated rings. The molecule has 0 radical (unpaired) electrons. The average molecular weight is 182 g/mol. The van der Waals surface area contributed by atoms with E-state index in [1.54, 1.807) is 18.2 Å². The molecule has 0 bridgehead atoms. The smallest absolute Gasteiger partial charge is 0.152 e. The Morgan fingerprint density at radius 2 is 1.46 bits per heavy atom. The van der Waals surface area contributed by atoms with Crippen molar-refractivity contribution in [2.45, 2.75) is 6.92 Å². The molecule has 0 atom stereocenters. The first-order chi connectivity index (χ1) is 6.39. The van der Waals surface area contributed by atoms with E-state index in [1.807, 2.05) is 13.0 Å². The molecule has 2 rings (SSSR count). The van der Waals surface area contributed by atoms with Crippen molar-refractivity contribution in [2.24, 2.45) is 0 Å². The molecule has 0 aromatic heterocycles. The highest BCUT2D eigenvalue weighted by Crippen LogP contribution is 2.01. The summed E-state index contributed by atoms with van der Waals surface area (Å²) in [6.07, 6.45) is 11.5. The van der Waals surface area contributed by atoms with Crippen LogP contribution in [0, 0.1) is 0 Å². The van der Waals surface area contributed by atoms with Crippen molar-refractivity contribution >= 4 is 0 Å². The summed E-state index contributed by atoms with van der Waals surface area (Å²) in [7, 11) is 0.